The molecule has 0 aliphatic carbocycles. The van der Waals surface area contributed by atoms with Crippen molar-refractivity contribution >= 4 is 5.91 Å². The Morgan fingerprint density at radius 2 is 2.08 bits per heavy atom. The summed E-state index contributed by atoms with van der Waals surface area (Å²) >= 11 is 0. The molecule has 0 aromatic heterocycles. The van der Waals surface area contributed by atoms with Gasteiger partial charge in [0.05, 0.1) is 6.04 Å². The van der Waals surface area contributed by atoms with Crippen LogP contribution in [0, 0.1) is 5.92 Å². The molecule has 0 bridgehead atoms. The quantitative estimate of drug-likeness (QED) is 0.656. The van der Waals surface area contributed by atoms with Gasteiger partial charge in [0.15, 0.2) is 0 Å². The first-order chi connectivity index (χ1) is 6.11. The summed E-state index contributed by atoms with van der Waals surface area (Å²) in [4.78, 5) is 11.3. The lowest BCUT2D eigenvalue weighted by molar-refractivity contribution is -0.122. The van der Waals surface area contributed by atoms with Gasteiger partial charge in [0.25, 0.3) is 0 Å². The molecular weight excluding hydrogens is 164 g/mol. The minimum absolute atomic E-state index is 0.0119. The highest BCUT2D eigenvalue weighted by Gasteiger charge is 2.11. The highest BCUT2D eigenvalue weighted by molar-refractivity contribution is 5.81. The predicted octanol–water partition coefficient (Wildman–Crippen LogP) is 1.28. The van der Waals surface area contributed by atoms with E-state index in [4.69, 9.17) is 5.73 Å². The minimum Gasteiger partial charge on any atom is -0.354 e. The number of hydrogen-bond donors (Lipinski definition) is 2. The summed E-state index contributed by atoms with van der Waals surface area (Å²) in [6, 6.07) is -0.325. The molecule has 0 fully saturated rings. The van der Waals surface area contributed by atoms with Crippen molar-refractivity contribution in [3.8, 4) is 0 Å². The van der Waals surface area contributed by atoms with Crippen molar-refractivity contribution < 1.29 is 4.79 Å². The van der Waals surface area contributed by atoms with E-state index in [1.165, 1.54) is 0 Å². The second-order valence-electron chi connectivity index (χ2n) is 3.65. The lowest BCUT2D eigenvalue weighted by Gasteiger charge is -2.13. The van der Waals surface area contributed by atoms with Crippen molar-refractivity contribution in [2.24, 2.45) is 11.7 Å². The van der Waals surface area contributed by atoms with Crippen LogP contribution in [0.4, 0.5) is 0 Å². The molecule has 0 radical (unpaired) electrons. The van der Waals surface area contributed by atoms with Crippen LogP contribution in [0.2, 0.25) is 0 Å². The maximum Gasteiger partial charge on any atom is 0.236 e. The van der Waals surface area contributed by atoms with Crippen LogP contribution in [0.15, 0.2) is 0 Å². The van der Waals surface area contributed by atoms with Gasteiger partial charge in [-0.25, -0.2) is 0 Å². The number of amides is 1. The van der Waals surface area contributed by atoms with Crippen LogP contribution < -0.4 is 11.1 Å². The van der Waals surface area contributed by atoms with Crippen LogP contribution in [-0.2, 0) is 4.79 Å². The molecule has 0 spiro atoms. The summed E-state index contributed by atoms with van der Waals surface area (Å²) in [7, 11) is 0. The van der Waals surface area contributed by atoms with E-state index in [9.17, 15) is 4.79 Å². The third kappa shape index (κ3) is 5.64. The second-order valence-corrected chi connectivity index (χ2v) is 3.65. The Kier molecular flexibility index (Phi) is 6.59. The summed E-state index contributed by atoms with van der Waals surface area (Å²) in [6.07, 6.45) is 2.81. The Labute approximate surface area is 81.1 Å². The molecule has 3 N–H and O–H groups in total. The fourth-order valence-electron chi connectivity index (χ4n) is 0.992. The van der Waals surface area contributed by atoms with Crippen LogP contribution in [0.25, 0.3) is 0 Å². The third-order valence-corrected chi connectivity index (χ3v) is 2.26. The Balaban J connectivity index is 3.61. The van der Waals surface area contributed by atoms with Crippen molar-refractivity contribution in [1.82, 2.24) is 5.32 Å². The smallest absolute Gasteiger partial charge is 0.236 e. The number of nitrogens with two attached hydrogens (primary N) is 1. The molecule has 1 amide bonds. The van der Waals surface area contributed by atoms with Crippen LogP contribution >= 0.6 is 0 Å². The molecule has 0 aromatic rings. The number of hydrogen-bond acceptors (Lipinski definition) is 2. The summed E-state index contributed by atoms with van der Waals surface area (Å²) in [6.45, 7) is 7.00. The first kappa shape index (κ1) is 12.4. The van der Waals surface area contributed by atoms with E-state index in [2.05, 4.69) is 19.2 Å². The molecule has 0 saturated heterocycles. The molecule has 0 aromatic carbocycles. The first-order valence-electron chi connectivity index (χ1n) is 5.15. The summed E-state index contributed by atoms with van der Waals surface area (Å²) in [5, 5.41) is 2.85. The van der Waals surface area contributed by atoms with Crippen molar-refractivity contribution in [2.75, 3.05) is 6.54 Å². The van der Waals surface area contributed by atoms with E-state index in [0.29, 0.717) is 5.92 Å². The Bertz CT molecular complexity index is 148. The fourth-order valence-corrected chi connectivity index (χ4v) is 0.992. The van der Waals surface area contributed by atoms with Crippen molar-refractivity contribution in [3.05, 3.63) is 0 Å². The van der Waals surface area contributed by atoms with E-state index < -0.39 is 0 Å². The maximum absolute atomic E-state index is 11.3. The van der Waals surface area contributed by atoms with Gasteiger partial charge in [0.2, 0.25) is 5.91 Å². The molecule has 0 heterocycles. The molecule has 0 rings (SSSR count). The molecule has 78 valence electrons. The molecular formula is C10H22N2O. The van der Waals surface area contributed by atoms with E-state index in [1.807, 2.05) is 6.92 Å². The highest BCUT2D eigenvalue weighted by atomic mass is 16.2. The topological polar surface area (TPSA) is 55.1 Å². The van der Waals surface area contributed by atoms with Gasteiger partial charge in [-0.05, 0) is 12.3 Å². The summed E-state index contributed by atoms with van der Waals surface area (Å²) in [5.74, 6) is 0.528. The normalized spacial score (nSPS) is 15.1. The average molecular weight is 186 g/mol. The van der Waals surface area contributed by atoms with Gasteiger partial charge in [-0.3, -0.25) is 4.79 Å². The maximum atomic E-state index is 11.3. The molecule has 0 saturated carbocycles. The number of carbonyl (C=O) groups excluding carboxylic acids is 1. The van der Waals surface area contributed by atoms with E-state index in [-0.39, 0.29) is 11.9 Å². The van der Waals surface area contributed by atoms with Gasteiger partial charge >= 0.3 is 0 Å². The molecule has 13 heavy (non-hydrogen) atoms. The van der Waals surface area contributed by atoms with Crippen LogP contribution in [-0.4, -0.2) is 18.5 Å². The van der Waals surface area contributed by atoms with Crippen LogP contribution in [0.3, 0.4) is 0 Å². The largest absolute Gasteiger partial charge is 0.354 e. The molecule has 2 atom stereocenters. The summed E-state index contributed by atoms with van der Waals surface area (Å²) < 4.78 is 0. The van der Waals surface area contributed by atoms with Gasteiger partial charge in [0, 0.05) is 6.54 Å². The first-order valence-corrected chi connectivity index (χ1v) is 5.15. The Morgan fingerprint density at radius 3 is 2.54 bits per heavy atom. The monoisotopic (exact) mass is 186 g/mol. The van der Waals surface area contributed by atoms with Gasteiger partial charge in [-0.1, -0.05) is 33.6 Å². The zero-order chi connectivity index (χ0) is 10.3. The van der Waals surface area contributed by atoms with E-state index in [1.54, 1.807) is 0 Å². The minimum atomic E-state index is -0.325. The lowest BCUT2D eigenvalue weighted by atomic mass is 10.1. The van der Waals surface area contributed by atoms with Crippen molar-refractivity contribution in [3.63, 3.8) is 0 Å². The average Bonchev–Trinajstić information content (AvgIpc) is 2.13. The van der Waals surface area contributed by atoms with Crippen molar-refractivity contribution in [1.29, 1.82) is 0 Å². The molecule has 0 aliphatic rings. The second kappa shape index (κ2) is 6.89. The highest BCUT2D eigenvalue weighted by Crippen LogP contribution is 1.98. The fraction of sp³-hybridized carbons (Fsp3) is 0.900. The van der Waals surface area contributed by atoms with Gasteiger partial charge in [-0.15, -0.1) is 0 Å². The van der Waals surface area contributed by atoms with E-state index >= 15 is 0 Å². The van der Waals surface area contributed by atoms with Gasteiger partial charge in [0.1, 0.15) is 0 Å². The van der Waals surface area contributed by atoms with Gasteiger partial charge in [-0.2, -0.15) is 0 Å². The predicted molar refractivity (Wildman–Crippen MR) is 55.3 cm³/mol. The standard InChI is InChI=1S/C10H22N2O/c1-4-6-9(11)10(13)12-7-8(3)5-2/h8-9H,4-7,11H2,1-3H3,(H,12,13)/t8?,9-/m1/s1. The molecule has 1 unspecified atom stereocenters. The van der Waals surface area contributed by atoms with Crippen molar-refractivity contribution in [2.45, 2.75) is 46.1 Å². The zero-order valence-corrected chi connectivity index (χ0v) is 8.97. The molecule has 3 nitrogen and oxygen atoms in total. The van der Waals surface area contributed by atoms with Gasteiger partial charge < -0.3 is 11.1 Å². The number of carbonyl (C=O) groups is 1. The number of rotatable bonds is 6. The molecule has 0 aliphatic heterocycles. The zero-order valence-electron chi connectivity index (χ0n) is 8.97. The third-order valence-electron chi connectivity index (χ3n) is 2.26. The lowest BCUT2D eigenvalue weighted by Crippen LogP contribution is -2.41. The van der Waals surface area contributed by atoms with Crippen LogP contribution in [0.5, 0.6) is 0 Å². The molecule has 3 heteroatoms. The van der Waals surface area contributed by atoms with E-state index in [0.717, 1.165) is 25.8 Å². The Hall–Kier alpha value is -0.570. The Morgan fingerprint density at radius 1 is 1.46 bits per heavy atom. The number of nitrogens with one attached hydrogen (secondary N) is 1. The van der Waals surface area contributed by atoms with Crippen LogP contribution in [0.1, 0.15) is 40.0 Å². The SMILES string of the molecule is CCC[C@@H](N)C(=O)NCC(C)CC. The summed E-state index contributed by atoms with van der Waals surface area (Å²) in [5.41, 5.74) is 5.64.